The molecule has 64 heavy (non-hydrogen) atoms. The Bertz CT molecular complexity index is 3380. The van der Waals surface area contributed by atoms with Crippen molar-refractivity contribution in [2.45, 2.75) is 77.6 Å². The van der Waals surface area contributed by atoms with Crippen LogP contribution in [0.1, 0.15) is 87.1 Å². The van der Waals surface area contributed by atoms with Crippen LogP contribution in [0.3, 0.4) is 0 Å². The van der Waals surface area contributed by atoms with Gasteiger partial charge in [0.05, 0.1) is 0 Å². The first-order chi connectivity index (χ1) is 31.4. The second kappa shape index (κ2) is 14.3. The molecule has 2 heterocycles. The molecule has 0 aromatic heterocycles. The van der Waals surface area contributed by atoms with Crippen molar-refractivity contribution in [1.82, 2.24) is 0 Å². The smallest absolute Gasteiger partial charge is 0.0496 e. The van der Waals surface area contributed by atoms with Crippen molar-refractivity contribution in [1.29, 1.82) is 0 Å². The van der Waals surface area contributed by atoms with Gasteiger partial charge in [0.1, 0.15) is 0 Å². The molecule has 2 aliphatic heterocycles. The first-order valence-electron chi connectivity index (χ1n) is 23.6. The molecule has 0 bridgehead atoms. The van der Waals surface area contributed by atoms with E-state index >= 15 is 0 Å². The number of anilines is 4. The Morgan fingerprint density at radius 2 is 1.19 bits per heavy atom. The number of para-hydroxylation sites is 2. The quantitative estimate of drug-likeness (QED) is 0.163. The van der Waals surface area contributed by atoms with Gasteiger partial charge >= 0.3 is 0 Å². The average molecular weight is 825 g/mol. The molecule has 310 valence electrons. The molecule has 2 heteroatoms. The van der Waals surface area contributed by atoms with Gasteiger partial charge in [-0.25, -0.2) is 0 Å². The van der Waals surface area contributed by atoms with Crippen LogP contribution in [0.5, 0.6) is 0 Å². The van der Waals surface area contributed by atoms with Gasteiger partial charge in [-0.2, -0.15) is 0 Å². The highest BCUT2D eigenvalue weighted by atomic mass is 15.2. The Labute approximate surface area is 377 Å². The molecule has 0 radical (unpaired) electrons. The highest BCUT2D eigenvalue weighted by Crippen LogP contribution is 2.53. The normalized spacial score (nSPS) is 18.0. The van der Waals surface area contributed by atoms with Crippen LogP contribution in [0.25, 0.3) is 49.4 Å². The van der Waals surface area contributed by atoms with Gasteiger partial charge in [-0.1, -0.05) is 135 Å². The van der Waals surface area contributed by atoms with Crippen molar-refractivity contribution in [3.63, 3.8) is 0 Å². The third kappa shape index (κ3) is 5.64. The third-order valence-electron chi connectivity index (χ3n) is 15.4. The summed E-state index contributed by atoms with van der Waals surface area (Å²) >= 11 is 0. The molecule has 0 spiro atoms. The minimum atomic E-state index is -0.113. The molecule has 0 N–H and O–H groups in total. The minimum absolute atomic E-state index is 0.113. The van der Waals surface area contributed by atoms with E-state index in [9.17, 15) is 0 Å². The van der Waals surface area contributed by atoms with Crippen molar-refractivity contribution in [2.24, 2.45) is 0 Å². The van der Waals surface area contributed by atoms with Crippen LogP contribution in [-0.2, 0) is 18.3 Å². The molecule has 2 nitrogen and oxygen atoms in total. The molecule has 7 aromatic carbocycles. The van der Waals surface area contributed by atoms with E-state index in [1.165, 1.54) is 128 Å². The summed E-state index contributed by atoms with van der Waals surface area (Å²) in [7, 11) is 0. The van der Waals surface area contributed by atoms with Crippen molar-refractivity contribution >= 4 is 49.9 Å². The summed E-state index contributed by atoms with van der Waals surface area (Å²) in [5.74, 6) is 0. The van der Waals surface area contributed by atoms with Gasteiger partial charge < -0.3 is 9.80 Å². The molecular weight excluding hydrogens is 773 g/mol. The first-order valence-corrected chi connectivity index (χ1v) is 23.6. The van der Waals surface area contributed by atoms with Gasteiger partial charge in [-0.15, -0.1) is 0 Å². The molecule has 7 aromatic rings. The van der Waals surface area contributed by atoms with E-state index in [4.69, 9.17) is 0 Å². The van der Waals surface area contributed by atoms with E-state index in [2.05, 4.69) is 194 Å². The van der Waals surface area contributed by atoms with Crippen LogP contribution in [-0.4, -0.2) is 0 Å². The molecule has 6 aliphatic rings. The van der Waals surface area contributed by atoms with E-state index < -0.39 is 0 Å². The maximum absolute atomic E-state index is 2.60. The fourth-order valence-electron chi connectivity index (χ4n) is 12.2. The maximum atomic E-state index is 2.60. The zero-order valence-electron chi connectivity index (χ0n) is 37.1. The standard InChI is InChI=1S/C62H52N2/c1-39-24-26-40(27-25-39)60-50-32-29-47(64-58-22-12-6-16-43(58)35-44-17-7-13-23-59(44)64)38-53(50)61(45-28-31-49-48-18-8-9-19-54(48)62(2,3)55(49)36-45)51-33-30-46(37-52(51)60)63-56-20-10-4-14-41(56)34-42-15-5-11-21-57(42)63/h4-6,8-10,12-16,18-20,22-24,26,28-33,36-38H,7,11,17,21,25,27,34-35H2,1-3H3. The number of hydrogen-bond acceptors (Lipinski definition) is 2. The van der Waals surface area contributed by atoms with E-state index in [-0.39, 0.29) is 5.41 Å². The van der Waals surface area contributed by atoms with Gasteiger partial charge in [-0.3, -0.25) is 0 Å². The SMILES string of the molecule is CC1=CC=C(c2c3cc(N4C5=C(C=CCC5)Cc5ccccc54)ccc3c(-c3ccc4c(c3)C(C)(C)c3ccccc3-4)c3cc(N4C5=C(CCC=C5)Cc5ccccc54)ccc23)CC1. The molecule has 0 fully saturated rings. The Kier molecular flexibility index (Phi) is 8.41. The van der Waals surface area contributed by atoms with E-state index in [0.29, 0.717) is 0 Å². The molecular formula is C62H52N2. The number of allylic oxidation sites excluding steroid dienone is 11. The molecule has 0 saturated carbocycles. The summed E-state index contributed by atoms with van der Waals surface area (Å²) in [6.45, 7) is 7.10. The third-order valence-corrected chi connectivity index (χ3v) is 15.4. The molecule has 0 unspecified atom stereocenters. The van der Waals surface area contributed by atoms with Gasteiger partial charge in [0.2, 0.25) is 0 Å². The average Bonchev–Trinajstić information content (AvgIpc) is 3.56. The van der Waals surface area contributed by atoms with Crippen LogP contribution in [0, 0.1) is 0 Å². The van der Waals surface area contributed by atoms with Crippen molar-refractivity contribution < 1.29 is 0 Å². The van der Waals surface area contributed by atoms with Gasteiger partial charge in [-0.05, 0) is 189 Å². The van der Waals surface area contributed by atoms with Crippen molar-refractivity contribution in [3.8, 4) is 22.3 Å². The van der Waals surface area contributed by atoms with E-state index in [1.54, 1.807) is 0 Å². The molecule has 0 atom stereocenters. The molecule has 0 amide bonds. The number of fused-ring (bicyclic) bond motifs is 7. The maximum Gasteiger partial charge on any atom is 0.0496 e. The zero-order chi connectivity index (χ0) is 42.7. The fourth-order valence-corrected chi connectivity index (χ4v) is 12.2. The Hall–Kier alpha value is -6.90. The lowest BCUT2D eigenvalue weighted by Gasteiger charge is -2.37. The Balaban J connectivity index is 1.12. The van der Waals surface area contributed by atoms with E-state index in [1.807, 2.05) is 0 Å². The Morgan fingerprint density at radius 3 is 2.00 bits per heavy atom. The van der Waals surface area contributed by atoms with Crippen LogP contribution < -0.4 is 9.80 Å². The lowest BCUT2D eigenvalue weighted by molar-refractivity contribution is 0.660. The molecule has 4 aliphatic carbocycles. The summed E-state index contributed by atoms with van der Waals surface area (Å²) < 4.78 is 0. The topological polar surface area (TPSA) is 6.48 Å². The predicted octanol–water partition coefficient (Wildman–Crippen LogP) is 16.7. The second-order valence-electron chi connectivity index (χ2n) is 19.5. The predicted molar refractivity (Wildman–Crippen MR) is 271 cm³/mol. The fraction of sp³-hybridized carbons (Fsp3) is 0.194. The number of hydrogen-bond donors (Lipinski definition) is 0. The summed E-state index contributed by atoms with van der Waals surface area (Å²) in [6, 6.07) is 49.4. The van der Waals surface area contributed by atoms with Crippen LogP contribution in [0.15, 0.2) is 192 Å². The summed E-state index contributed by atoms with van der Waals surface area (Å²) in [5, 5.41) is 5.27. The molecule has 0 saturated heterocycles. The minimum Gasteiger partial charge on any atom is -0.314 e. The van der Waals surface area contributed by atoms with Crippen molar-refractivity contribution in [2.75, 3.05) is 9.80 Å². The molecule has 13 rings (SSSR count). The lowest BCUT2D eigenvalue weighted by Crippen LogP contribution is -2.25. The van der Waals surface area contributed by atoms with E-state index in [0.717, 1.165) is 51.4 Å². The van der Waals surface area contributed by atoms with Crippen LogP contribution in [0.4, 0.5) is 22.7 Å². The largest absolute Gasteiger partial charge is 0.314 e. The number of benzene rings is 7. The summed E-state index contributed by atoms with van der Waals surface area (Å²) in [6.07, 6.45) is 22.7. The van der Waals surface area contributed by atoms with Crippen LogP contribution >= 0.6 is 0 Å². The Morgan fingerprint density at radius 1 is 0.516 bits per heavy atom. The summed E-state index contributed by atoms with van der Waals surface area (Å²) in [5.41, 5.74) is 25.9. The lowest BCUT2D eigenvalue weighted by atomic mass is 9.79. The van der Waals surface area contributed by atoms with Gasteiger partial charge in [0.15, 0.2) is 0 Å². The van der Waals surface area contributed by atoms with Crippen LogP contribution in [0.2, 0.25) is 0 Å². The van der Waals surface area contributed by atoms with Gasteiger partial charge in [0, 0.05) is 46.0 Å². The van der Waals surface area contributed by atoms with Crippen molar-refractivity contribution in [3.05, 3.63) is 220 Å². The summed E-state index contributed by atoms with van der Waals surface area (Å²) in [4.78, 5) is 5.16. The highest BCUT2D eigenvalue weighted by Gasteiger charge is 2.36. The van der Waals surface area contributed by atoms with Gasteiger partial charge in [0.25, 0.3) is 0 Å². The monoisotopic (exact) mass is 824 g/mol. The number of nitrogens with zero attached hydrogens (tertiary/aromatic N) is 2. The first kappa shape index (κ1) is 37.6. The number of rotatable bonds is 4. The second-order valence-corrected chi connectivity index (χ2v) is 19.5. The highest BCUT2D eigenvalue weighted by molar-refractivity contribution is 6.20. The zero-order valence-corrected chi connectivity index (χ0v) is 37.1.